The SMILES string of the molecule is O=C(CCNS(=O)(=O)c1cccc(Cl)c1)N1CCC(n2ccnn2)CC1. The van der Waals surface area contributed by atoms with Crippen molar-refractivity contribution >= 4 is 27.5 Å². The van der Waals surface area contributed by atoms with Crippen molar-refractivity contribution in [3.8, 4) is 0 Å². The van der Waals surface area contributed by atoms with Crippen LogP contribution in [0.25, 0.3) is 0 Å². The Morgan fingerprint density at radius 3 is 2.73 bits per heavy atom. The zero-order valence-electron chi connectivity index (χ0n) is 14.1. The predicted molar refractivity (Wildman–Crippen MR) is 96.1 cm³/mol. The highest BCUT2D eigenvalue weighted by molar-refractivity contribution is 7.89. The predicted octanol–water partition coefficient (Wildman–Crippen LogP) is 1.46. The van der Waals surface area contributed by atoms with E-state index in [-0.39, 0.29) is 29.8 Å². The average Bonchev–Trinajstić information content (AvgIpc) is 3.16. The number of carbonyl (C=O) groups is 1. The summed E-state index contributed by atoms with van der Waals surface area (Å²) < 4.78 is 28.7. The molecule has 0 bridgehead atoms. The van der Waals surface area contributed by atoms with Crippen LogP contribution < -0.4 is 4.72 Å². The van der Waals surface area contributed by atoms with Gasteiger partial charge in [0.05, 0.1) is 17.1 Å². The van der Waals surface area contributed by atoms with Gasteiger partial charge in [-0.25, -0.2) is 17.8 Å². The second-order valence-corrected chi connectivity index (χ2v) is 8.30. The molecule has 0 unspecified atom stereocenters. The number of benzene rings is 1. The van der Waals surface area contributed by atoms with Crippen LogP contribution in [0.5, 0.6) is 0 Å². The molecule has 0 spiro atoms. The van der Waals surface area contributed by atoms with E-state index in [0.29, 0.717) is 18.1 Å². The van der Waals surface area contributed by atoms with Gasteiger partial charge in [-0.1, -0.05) is 22.9 Å². The average molecular weight is 398 g/mol. The van der Waals surface area contributed by atoms with Crippen LogP contribution in [-0.4, -0.2) is 53.9 Å². The molecular formula is C16H20ClN5O3S. The van der Waals surface area contributed by atoms with Gasteiger partial charge in [0.25, 0.3) is 0 Å². The molecule has 1 aromatic carbocycles. The van der Waals surface area contributed by atoms with Crippen molar-refractivity contribution in [2.24, 2.45) is 0 Å². The number of halogens is 1. The molecule has 1 saturated heterocycles. The van der Waals surface area contributed by atoms with Gasteiger partial charge in [0.15, 0.2) is 0 Å². The van der Waals surface area contributed by atoms with Crippen LogP contribution in [-0.2, 0) is 14.8 Å². The fourth-order valence-corrected chi connectivity index (χ4v) is 4.29. The molecule has 0 atom stereocenters. The minimum absolute atomic E-state index is 0.0523. The van der Waals surface area contributed by atoms with Crippen molar-refractivity contribution in [3.05, 3.63) is 41.7 Å². The third kappa shape index (κ3) is 4.60. The summed E-state index contributed by atoms with van der Waals surface area (Å²) in [6.45, 7) is 1.31. The molecule has 2 heterocycles. The standard InChI is InChI=1S/C16H20ClN5O3S/c17-13-2-1-3-15(12-13)26(24,25)19-7-4-16(23)21-9-5-14(6-10-21)22-11-8-18-20-22/h1-3,8,11-12,14,19H,4-7,9-10H2. The highest BCUT2D eigenvalue weighted by Gasteiger charge is 2.24. The third-order valence-corrected chi connectivity index (χ3v) is 6.06. The molecule has 0 aliphatic carbocycles. The Bertz CT molecular complexity index is 849. The van der Waals surface area contributed by atoms with E-state index in [1.54, 1.807) is 23.2 Å². The number of carbonyl (C=O) groups excluding carboxylic acids is 1. The monoisotopic (exact) mass is 397 g/mol. The maximum absolute atomic E-state index is 12.3. The Morgan fingerprint density at radius 1 is 1.31 bits per heavy atom. The van der Waals surface area contributed by atoms with E-state index in [2.05, 4.69) is 15.0 Å². The number of aromatic nitrogens is 3. The van der Waals surface area contributed by atoms with E-state index < -0.39 is 10.0 Å². The molecule has 1 aromatic heterocycles. The zero-order chi connectivity index (χ0) is 18.6. The molecule has 8 nitrogen and oxygen atoms in total. The van der Waals surface area contributed by atoms with Crippen molar-refractivity contribution in [2.45, 2.75) is 30.2 Å². The summed E-state index contributed by atoms with van der Waals surface area (Å²) in [5.41, 5.74) is 0. The number of sulfonamides is 1. The normalized spacial score (nSPS) is 16.0. The zero-order valence-corrected chi connectivity index (χ0v) is 15.7. The van der Waals surface area contributed by atoms with Gasteiger partial charge in [-0.15, -0.1) is 5.10 Å². The smallest absolute Gasteiger partial charge is 0.240 e. The Kier molecular flexibility index (Phi) is 5.90. The fourth-order valence-electron chi connectivity index (χ4n) is 2.96. The van der Waals surface area contributed by atoms with Gasteiger partial charge >= 0.3 is 0 Å². The van der Waals surface area contributed by atoms with Crippen molar-refractivity contribution in [2.75, 3.05) is 19.6 Å². The first-order valence-electron chi connectivity index (χ1n) is 8.34. The van der Waals surface area contributed by atoms with E-state index >= 15 is 0 Å². The summed E-state index contributed by atoms with van der Waals surface area (Å²) >= 11 is 5.82. The van der Waals surface area contributed by atoms with E-state index in [0.717, 1.165) is 12.8 Å². The Morgan fingerprint density at radius 2 is 2.08 bits per heavy atom. The molecule has 1 aliphatic rings. The summed E-state index contributed by atoms with van der Waals surface area (Å²) in [5, 5.41) is 8.15. The van der Waals surface area contributed by atoms with Crippen LogP contribution in [0, 0.1) is 0 Å². The molecule has 0 saturated carbocycles. The fraction of sp³-hybridized carbons (Fsp3) is 0.438. The molecule has 1 N–H and O–H groups in total. The van der Waals surface area contributed by atoms with Gasteiger partial charge in [0, 0.05) is 37.3 Å². The van der Waals surface area contributed by atoms with Crippen LogP contribution in [0.1, 0.15) is 25.3 Å². The molecule has 1 aliphatic heterocycles. The van der Waals surface area contributed by atoms with Crippen LogP contribution >= 0.6 is 11.6 Å². The molecule has 1 fully saturated rings. The van der Waals surface area contributed by atoms with Gasteiger partial charge in [-0.3, -0.25) is 4.79 Å². The van der Waals surface area contributed by atoms with Crippen molar-refractivity contribution in [1.29, 1.82) is 0 Å². The molecule has 1 amide bonds. The summed E-state index contributed by atoms with van der Waals surface area (Å²) in [5.74, 6) is -0.0594. The molecule has 10 heteroatoms. The van der Waals surface area contributed by atoms with E-state index in [9.17, 15) is 13.2 Å². The van der Waals surface area contributed by atoms with E-state index in [1.807, 2.05) is 10.9 Å². The number of piperidine rings is 1. The lowest BCUT2D eigenvalue weighted by atomic mass is 10.1. The number of nitrogens with one attached hydrogen (secondary N) is 1. The first-order chi connectivity index (χ1) is 12.5. The van der Waals surface area contributed by atoms with Gasteiger partial charge in [0.2, 0.25) is 15.9 Å². The largest absolute Gasteiger partial charge is 0.343 e. The minimum atomic E-state index is -3.67. The van der Waals surface area contributed by atoms with Gasteiger partial charge in [0.1, 0.15) is 0 Å². The second-order valence-electron chi connectivity index (χ2n) is 6.10. The van der Waals surface area contributed by atoms with Crippen LogP contribution in [0.4, 0.5) is 0 Å². The molecule has 3 rings (SSSR count). The molecule has 2 aromatic rings. The third-order valence-electron chi connectivity index (χ3n) is 4.37. The summed E-state index contributed by atoms with van der Waals surface area (Å²) in [4.78, 5) is 14.2. The van der Waals surface area contributed by atoms with E-state index in [1.165, 1.54) is 12.1 Å². The lowest BCUT2D eigenvalue weighted by Gasteiger charge is -2.31. The van der Waals surface area contributed by atoms with Gasteiger partial charge < -0.3 is 4.90 Å². The van der Waals surface area contributed by atoms with Crippen molar-refractivity contribution in [3.63, 3.8) is 0 Å². The lowest BCUT2D eigenvalue weighted by molar-refractivity contribution is -0.132. The highest BCUT2D eigenvalue weighted by atomic mass is 35.5. The Hall–Kier alpha value is -1.97. The number of rotatable bonds is 6. The number of nitrogens with zero attached hydrogens (tertiary/aromatic N) is 4. The summed E-state index contributed by atoms with van der Waals surface area (Å²) in [6.07, 6.45) is 5.21. The first kappa shape index (κ1) is 18.8. The summed E-state index contributed by atoms with van der Waals surface area (Å²) in [7, 11) is -3.67. The highest BCUT2D eigenvalue weighted by Crippen LogP contribution is 2.21. The number of hydrogen-bond acceptors (Lipinski definition) is 5. The Labute approximate surface area is 157 Å². The molecule has 0 radical (unpaired) electrons. The number of hydrogen-bond donors (Lipinski definition) is 1. The van der Waals surface area contributed by atoms with Crippen LogP contribution in [0.15, 0.2) is 41.6 Å². The lowest BCUT2D eigenvalue weighted by Crippen LogP contribution is -2.40. The first-order valence-corrected chi connectivity index (χ1v) is 10.2. The number of likely N-dealkylation sites (tertiary alicyclic amines) is 1. The molecular weight excluding hydrogens is 378 g/mol. The minimum Gasteiger partial charge on any atom is -0.343 e. The second kappa shape index (κ2) is 8.15. The molecule has 26 heavy (non-hydrogen) atoms. The maximum atomic E-state index is 12.3. The van der Waals surface area contributed by atoms with Crippen molar-refractivity contribution in [1.82, 2.24) is 24.6 Å². The van der Waals surface area contributed by atoms with E-state index in [4.69, 9.17) is 11.6 Å². The Balaban J connectivity index is 1.46. The van der Waals surface area contributed by atoms with Gasteiger partial charge in [-0.2, -0.15) is 0 Å². The quantitative estimate of drug-likeness (QED) is 0.795. The topological polar surface area (TPSA) is 97.2 Å². The summed E-state index contributed by atoms with van der Waals surface area (Å²) in [6, 6.07) is 6.27. The number of amides is 1. The van der Waals surface area contributed by atoms with Crippen molar-refractivity contribution < 1.29 is 13.2 Å². The van der Waals surface area contributed by atoms with Gasteiger partial charge in [-0.05, 0) is 31.0 Å². The molecule has 140 valence electrons. The maximum Gasteiger partial charge on any atom is 0.240 e. The van der Waals surface area contributed by atoms with Crippen LogP contribution in [0.2, 0.25) is 5.02 Å². The van der Waals surface area contributed by atoms with Crippen LogP contribution in [0.3, 0.4) is 0 Å².